The van der Waals surface area contributed by atoms with Gasteiger partial charge in [0.2, 0.25) is 11.0 Å². The van der Waals surface area contributed by atoms with Crippen molar-refractivity contribution in [3.8, 4) is 0 Å². The number of thioether (sulfide) groups is 1. The van der Waals surface area contributed by atoms with E-state index in [1.54, 1.807) is 6.08 Å². The van der Waals surface area contributed by atoms with E-state index in [9.17, 15) is 4.79 Å². The van der Waals surface area contributed by atoms with Gasteiger partial charge in [-0.25, -0.2) is 0 Å². The lowest BCUT2D eigenvalue weighted by Gasteiger charge is -2.14. The van der Waals surface area contributed by atoms with Crippen molar-refractivity contribution in [1.82, 2.24) is 15.5 Å². The van der Waals surface area contributed by atoms with Crippen LogP contribution in [0.15, 0.2) is 41.3 Å². The van der Waals surface area contributed by atoms with E-state index in [-0.39, 0.29) is 11.9 Å². The van der Waals surface area contributed by atoms with Crippen LogP contribution in [-0.2, 0) is 4.79 Å². The van der Waals surface area contributed by atoms with Gasteiger partial charge in [0.15, 0.2) is 4.34 Å². The van der Waals surface area contributed by atoms with Crippen molar-refractivity contribution in [3.63, 3.8) is 0 Å². The number of benzene rings is 1. The minimum atomic E-state index is -0.0963. The van der Waals surface area contributed by atoms with Crippen molar-refractivity contribution in [2.75, 3.05) is 17.6 Å². The molecule has 0 aliphatic carbocycles. The van der Waals surface area contributed by atoms with Crippen molar-refractivity contribution in [2.45, 2.75) is 17.3 Å². The van der Waals surface area contributed by atoms with Crippen molar-refractivity contribution in [3.05, 3.63) is 47.5 Å². The molecule has 0 aliphatic heterocycles. The summed E-state index contributed by atoms with van der Waals surface area (Å²) in [6.07, 6.45) is 1.75. The number of rotatable bonds is 8. The molecule has 1 aromatic heterocycles. The Kier molecular flexibility index (Phi) is 6.88. The van der Waals surface area contributed by atoms with Crippen LogP contribution in [-0.4, -0.2) is 28.4 Å². The second kappa shape index (κ2) is 8.90. The van der Waals surface area contributed by atoms with E-state index in [1.807, 2.05) is 31.2 Å². The fourth-order valence-electron chi connectivity index (χ4n) is 1.77. The van der Waals surface area contributed by atoms with Crippen LogP contribution in [0.1, 0.15) is 18.5 Å². The third-order valence-electron chi connectivity index (χ3n) is 2.86. The molecule has 23 heavy (non-hydrogen) atoms. The van der Waals surface area contributed by atoms with Crippen molar-refractivity contribution in [1.29, 1.82) is 0 Å². The molecule has 0 radical (unpaired) electrons. The molecule has 0 aliphatic rings. The number of halogens is 1. The zero-order valence-corrected chi connectivity index (χ0v) is 15.0. The molecule has 0 bridgehead atoms. The molecule has 8 heteroatoms. The highest BCUT2D eigenvalue weighted by Gasteiger charge is 2.12. The molecule has 0 spiro atoms. The molecule has 1 aromatic carbocycles. The molecule has 122 valence electrons. The SMILES string of the molecule is C=CCNc1nnc(SCC(=O)N[C@H](C)c2cccc(Cl)c2)s1. The number of nitrogens with zero attached hydrogens (tertiary/aromatic N) is 2. The summed E-state index contributed by atoms with van der Waals surface area (Å²) in [6, 6.07) is 7.37. The van der Waals surface area contributed by atoms with Gasteiger partial charge in [0.1, 0.15) is 0 Å². The minimum Gasteiger partial charge on any atom is -0.357 e. The predicted molar refractivity (Wildman–Crippen MR) is 97.3 cm³/mol. The topological polar surface area (TPSA) is 66.9 Å². The molecule has 0 unspecified atom stereocenters. The molecule has 1 amide bonds. The van der Waals surface area contributed by atoms with Crippen molar-refractivity contribution in [2.24, 2.45) is 0 Å². The Bertz CT molecular complexity index is 677. The van der Waals surface area contributed by atoms with Gasteiger partial charge in [-0.3, -0.25) is 4.79 Å². The third kappa shape index (κ3) is 5.85. The van der Waals surface area contributed by atoms with Crippen LogP contribution < -0.4 is 10.6 Å². The average molecular weight is 369 g/mol. The number of hydrogen-bond acceptors (Lipinski definition) is 6. The lowest BCUT2D eigenvalue weighted by Crippen LogP contribution is -2.28. The van der Waals surface area contributed by atoms with Crippen LogP contribution in [0, 0.1) is 0 Å². The second-order valence-corrected chi connectivity index (χ2v) is 7.31. The van der Waals surface area contributed by atoms with Crippen molar-refractivity contribution >= 4 is 45.7 Å². The zero-order valence-electron chi connectivity index (χ0n) is 12.6. The quantitative estimate of drug-likeness (QED) is 0.548. The molecular weight excluding hydrogens is 352 g/mol. The van der Waals surface area contributed by atoms with Crippen molar-refractivity contribution < 1.29 is 4.79 Å². The zero-order chi connectivity index (χ0) is 16.7. The summed E-state index contributed by atoms with van der Waals surface area (Å²) in [7, 11) is 0. The summed E-state index contributed by atoms with van der Waals surface area (Å²) in [6.45, 7) is 6.19. The number of aromatic nitrogens is 2. The monoisotopic (exact) mass is 368 g/mol. The van der Waals surface area contributed by atoms with Gasteiger partial charge >= 0.3 is 0 Å². The number of carbonyl (C=O) groups is 1. The molecule has 5 nitrogen and oxygen atoms in total. The van der Waals surface area contributed by atoms with Gasteiger partial charge in [-0.15, -0.1) is 16.8 Å². The Hall–Kier alpha value is -1.57. The average Bonchev–Trinajstić information content (AvgIpc) is 2.99. The molecule has 1 heterocycles. The predicted octanol–water partition coefficient (Wildman–Crippen LogP) is 3.76. The summed E-state index contributed by atoms with van der Waals surface area (Å²) in [5.74, 6) is 0.236. The standard InChI is InChI=1S/C15H17ClN4OS2/c1-3-7-17-14-19-20-15(23-14)22-9-13(21)18-10(2)11-5-4-6-12(16)8-11/h3-6,8,10H,1,7,9H2,2H3,(H,17,19)(H,18,21)/t10-/m1/s1. The number of hydrogen-bond donors (Lipinski definition) is 2. The van der Waals surface area contributed by atoms with E-state index in [2.05, 4.69) is 27.4 Å². The van der Waals surface area contributed by atoms with E-state index < -0.39 is 0 Å². The fourth-order valence-corrected chi connectivity index (χ4v) is 3.54. The molecule has 2 rings (SSSR count). The van der Waals surface area contributed by atoms with Crippen LogP contribution in [0.2, 0.25) is 5.02 Å². The Labute approximate surface area is 148 Å². The molecule has 2 N–H and O–H groups in total. The number of nitrogens with one attached hydrogen (secondary N) is 2. The first-order valence-corrected chi connectivity index (χ1v) is 9.12. The minimum absolute atomic E-state index is 0.0572. The summed E-state index contributed by atoms with van der Waals surface area (Å²) >= 11 is 8.74. The molecular formula is C15H17ClN4OS2. The van der Waals surface area contributed by atoms with Crippen LogP contribution in [0.5, 0.6) is 0 Å². The first kappa shape index (κ1) is 17.8. The highest BCUT2D eigenvalue weighted by molar-refractivity contribution is 8.01. The molecule has 2 aromatic rings. The van der Waals surface area contributed by atoms with E-state index in [0.717, 1.165) is 15.0 Å². The third-order valence-corrected chi connectivity index (χ3v) is 5.11. The van der Waals surface area contributed by atoms with Gasteiger partial charge < -0.3 is 10.6 Å². The number of anilines is 1. The summed E-state index contributed by atoms with van der Waals surface area (Å²) < 4.78 is 0.752. The maximum absolute atomic E-state index is 12.0. The Balaban J connectivity index is 1.80. The van der Waals surface area contributed by atoms with Gasteiger partial charge in [0.05, 0.1) is 11.8 Å². The van der Waals surface area contributed by atoms with Crippen LogP contribution in [0.3, 0.4) is 0 Å². The van der Waals surface area contributed by atoms with Gasteiger partial charge in [-0.2, -0.15) is 0 Å². The number of carbonyl (C=O) groups excluding carboxylic acids is 1. The second-order valence-electron chi connectivity index (χ2n) is 4.68. The summed E-state index contributed by atoms with van der Waals surface area (Å²) in [4.78, 5) is 12.0. The van der Waals surface area contributed by atoms with Crippen LogP contribution in [0.4, 0.5) is 5.13 Å². The van der Waals surface area contributed by atoms with Gasteiger partial charge in [-0.1, -0.05) is 52.9 Å². The molecule has 1 atom stereocenters. The smallest absolute Gasteiger partial charge is 0.230 e. The molecule has 0 saturated carbocycles. The maximum atomic E-state index is 12.0. The van der Waals surface area contributed by atoms with E-state index in [4.69, 9.17) is 11.6 Å². The maximum Gasteiger partial charge on any atom is 0.230 e. The highest BCUT2D eigenvalue weighted by atomic mass is 35.5. The Morgan fingerprint density at radius 2 is 2.35 bits per heavy atom. The van der Waals surface area contributed by atoms with E-state index in [1.165, 1.54) is 23.1 Å². The van der Waals surface area contributed by atoms with Gasteiger partial charge in [-0.05, 0) is 24.6 Å². The largest absolute Gasteiger partial charge is 0.357 e. The molecule has 0 saturated heterocycles. The highest BCUT2D eigenvalue weighted by Crippen LogP contribution is 2.25. The van der Waals surface area contributed by atoms with E-state index in [0.29, 0.717) is 17.3 Å². The van der Waals surface area contributed by atoms with Gasteiger partial charge in [0.25, 0.3) is 0 Å². The van der Waals surface area contributed by atoms with Crippen LogP contribution in [0.25, 0.3) is 0 Å². The lowest BCUT2D eigenvalue weighted by molar-refractivity contribution is -0.119. The number of amides is 1. The first-order chi connectivity index (χ1) is 11.1. The Morgan fingerprint density at radius 3 is 3.09 bits per heavy atom. The first-order valence-electron chi connectivity index (χ1n) is 6.94. The van der Waals surface area contributed by atoms with Gasteiger partial charge in [0, 0.05) is 11.6 Å². The van der Waals surface area contributed by atoms with E-state index >= 15 is 0 Å². The normalized spacial score (nSPS) is 11.7. The Morgan fingerprint density at radius 1 is 1.52 bits per heavy atom. The fraction of sp³-hybridized carbons (Fsp3) is 0.267. The summed E-state index contributed by atoms with van der Waals surface area (Å²) in [5, 5.41) is 15.4. The summed E-state index contributed by atoms with van der Waals surface area (Å²) in [5.41, 5.74) is 0.975. The molecule has 0 fully saturated rings. The van der Waals surface area contributed by atoms with Crippen LogP contribution >= 0.6 is 34.7 Å². The lowest BCUT2D eigenvalue weighted by atomic mass is 10.1.